The van der Waals surface area contributed by atoms with E-state index in [1.54, 1.807) is 7.11 Å². The van der Waals surface area contributed by atoms with E-state index >= 15 is 0 Å². The highest BCUT2D eigenvalue weighted by Gasteiger charge is 2.31. The average molecular weight is 215 g/mol. The molecular formula is C12H25NO2. The summed E-state index contributed by atoms with van der Waals surface area (Å²) >= 11 is 0. The molecule has 0 aromatic heterocycles. The number of nitrogens with zero attached hydrogens (tertiary/aromatic N) is 1. The summed E-state index contributed by atoms with van der Waals surface area (Å²) in [6.45, 7) is 9.87. The quantitative estimate of drug-likeness (QED) is 0.751. The van der Waals surface area contributed by atoms with Gasteiger partial charge in [0.2, 0.25) is 0 Å². The lowest BCUT2D eigenvalue weighted by atomic mass is 9.92. The number of hydrogen-bond donors (Lipinski definition) is 1. The molecule has 0 saturated carbocycles. The number of aliphatic hydroxyl groups is 1. The molecule has 2 unspecified atom stereocenters. The third kappa shape index (κ3) is 3.74. The summed E-state index contributed by atoms with van der Waals surface area (Å²) in [6.07, 6.45) is 1.20. The lowest BCUT2D eigenvalue weighted by molar-refractivity contribution is -0.0150. The molecule has 1 heterocycles. The van der Waals surface area contributed by atoms with Crippen LogP contribution in [0.3, 0.4) is 0 Å². The zero-order valence-corrected chi connectivity index (χ0v) is 10.5. The Hall–Kier alpha value is -0.120. The van der Waals surface area contributed by atoms with Gasteiger partial charge in [-0.05, 0) is 31.7 Å². The summed E-state index contributed by atoms with van der Waals surface area (Å²) in [4.78, 5) is 2.35. The molecular weight excluding hydrogens is 190 g/mol. The molecule has 90 valence electrons. The van der Waals surface area contributed by atoms with E-state index in [0.717, 1.165) is 26.2 Å². The number of methoxy groups -OCH3 is 1. The second-order valence-corrected chi connectivity index (χ2v) is 5.36. The molecule has 0 bridgehead atoms. The fraction of sp³-hybridized carbons (Fsp3) is 1.00. The van der Waals surface area contributed by atoms with Crippen molar-refractivity contribution in [3.05, 3.63) is 0 Å². The standard InChI is InChI=1S/C12H25NO2/c1-10(2)12(3,14)9-13-6-5-11(7-13)8-15-4/h10-11,14H,5-9H2,1-4H3. The fourth-order valence-corrected chi connectivity index (χ4v) is 2.06. The molecule has 1 aliphatic rings. The molecule has 0 spiro atoms. The minimum Gasteiger partial charge on any atom is -0.389 e. The number of β-amino-alcohol motifs (C(OH)–C–C–N with tert-alkyl or cyclic N) is 1. The van der Waals surface area contributed by atoms with E-state index in [2.05, 4.69) is 18.7 Å². The average Bonchev–Trinajstić information content (AvgIpc) is 2.52. The van der Waals surface area contributed by atoms with Gasteiger partial charge in [0.15, 0.2) is 0 Å². The van der Waals surface area contributed by atoms with Crippen LogP contribution in [0.15, 0.2) is 0 Å². The third-order valence-corrected chi connectivity index (χ3v) is 3.56. The molecule has 0 amide bonds. The van der Waals surface area contributed by atoms with Gasteiger partial charge in [-0.2, -0.15) is 0 Å². The monoisotopic (exact) mass is 215 g/mol. The van der Waals surface area contributed by atoms with Crippen LogP contribution >= 0.6 is 0 Å². The smallest absolute Gasteiger partial charge is 0.0768 e. The van der Waals surface area contributed by atoms with Gasteiger partial charge in [0.25, 0.3) is 0 Å². The molecule has 15 heavy (non-hydrogen) atoms. The Labute approximate surface area is 93.4 Å². The minimum absolute atomic E-state index is 0.305. The van der Waals surface area contributed by atoms with Gasteiger partial charge in [0.1, 0.15) is 0 Å². The van der Waals surface area contributed by atoms with Crippen molar-refractivity contribution in [1.82, 2.24) is 4.90 Å². The van der Waals surface area contributed by atoms with Crippen LogP contribution in [-0.4, -0.2) is 49.0 Å². The van der Waals surface area contributed by atoms with Crippen LogP contribution < -0.4 is 0 Å². The fourth-order valence-electron chi connectivity index (χ4n) is 2.06. The predicted octanol–water partition coefficient (Wildman–Crippen LogP) is 1.36. The SMILES string of the molecule is COCC1CCN(CC(C)(O)C(C)C)C1. The van der Waals surface area contributed by atoms with Gasteiger partial charge in [-0.1, -0.05) is 13.8 Å². The first-order valence-electron chi connectivity index (χ1n) is 5.89. The van der Waals surface area contributed by atoms with E-state index in [1.165, 1.54) is 6.42 Å². The summed E-state index contributed by atoms with van der Waals surface area (Å²) in [5, 5.41) is 10.2. The zero-order valence-electron chi connectivity index (χ0n) is 10.5. The Kier molecular flexibility index (Phi) is 4.56. The van der Waals surface area contributed by atoms with Crippen molar-refractivity contribution in [3.8, 4) is 0 Å². The van der Waals surface area contributed by atoms with Crippen LogP contribution in [0.25, 0.3) is 0 Å². The van der Waals surface area contributed by atoms with Gasteiger partial charge in [-0.15, -0.1) is 0 Å². The van der Waals surface area contributed by atoms with Crippen LogP contribution in [-0.2, 0) is 4.74 Å². The van der Waals surface area contributed by atoms with E-state index in [1.807, 2.05) is 6.92 Å². The first-order chi connectivity index (χ1) is 6.95. The number of hydrogen-bond acceptors (Lipinski definition) is 3. The maximum absolute atomic E-state index is 10.2. The maximum Gasteiger partial charge on any atom is 0.0768 e. The number of likely N-dealkylation sites (tertiary alicyclic amines) is 1. The molecule has 3 heteroatoms. The van der Waals surface area contributed by atoms with Crippen molar-refractivity contribution < 1.29 is 9.84 Å². The molecule has 0 aromatic rings. The predicted molar refractivity (Wildman–Crippen MR) is 61.9 cm³/mol. The van der Waals surface area contributed by atoms with Crippen molar-refractivity contribution in [2.24, 2.45) is 11.8 Å². The maximum atomic E-state index is 10.2. The largest absolute Gasteiger partial charge is 0.389 e. The van der Waals surface area contributed by atoms with Gasteiger partial charge >= 0.3 is 0 Å². The molecule has 0 aliphatic carbocycles. The van der Waals surface area contributed by atoms with Crippen LogP contribution in [0.1, 0.15) is 27.2 Å². The van der Waals surface area contributed by atoms with E-state index in [4.69, 9.17) is 4.74 Å². The summed E-state index contributed by atoms with van der Waals surface area (Å²) in [7, 11) is 1.76. The summed E-state index contributed by atoms with van der Waals surface area (Å²) < 4.78 is 5.16. The molecule has 0 aromatic carbocycles. The Bertz CT molecular complexity index is 192. The first-order valence-corrected chi connectivity index (χ1v) is 5.89. The molecule has 2 atom stereocenters. The lowest BCUT2D eigenvalue weighted by Crippen LogP contribution is -2.43. The molecule has 1 fully saturated rings. The van der Waals surface area contributed by atoms with E-state index in [-0.39, 0.29) is 0 Å². The lowest BCUT2D eigenvalue weighted by Gasteiger charge is -2.32. The second-order valence-electron chi connectivity index (χ2n) is 5.36. The topological polar surface area (TPSA) is 32.7 Å². The van der Waals surface area contributed by atoms with Crippen LogP contribution in [0.2, 0.25) is 0 Å². The van der Waals surface area contributed by atoms with Crippen molar-refractivity contribution in [2.45, 2.75) is 32.8 Å². The zero-order chi connectivity index (χ0) is 11.5. The van der Waals surface area contributed by atoms with Crippen LogP contribution in [0.4, 0.5) is 0 Å². The van der Waals surface area contributed by atoms with Gasteiger partial charge in [0.05, 0.1) is 12.2 Å². The highest BCUT2D eigenvalue weighted by atomic mass is 16.5. The molecule has 1 saturated heterocycles. The third-order valence-electron chi connectivity index (χ3n) is 3.56. The second kappa shape index (κ2) is 5.28. The van der Waals surface area contributed by atoms with Gasteiger partial charge in [-0.3, -0.25) is 0 Å². The van der Waals surface area contributed by atoms with Crippen molar-refractivity contribution >= 4 is 0 Å². The summed E-state index contributed by atoms with van der Waals surface area (Å²) in [5.41, 5.74) is -0.567. The highest BCUT2D eigenvalue weighted by molar-refractivity contribution is 4.84. The normalized spacial score (nSPS) is 27.2. The van der Waals surface area contributed by atoms with Gasteiger partial charge in [0, 0.05) is 20.2 Å². The molecule has 0 radical (unpaired) electrons. The van der Waals surface area contributed by atoms with Crippen LogP contribution in [0.5, 0.6) is 0 Å². The Morgan fingerprint density at radius 2 is 2.20 bits per heavy atom. The Morgan fingerprint density at radius 1 is 1.53 bits per heavy atom. The van der Waals surface area contributed by atoms with E-state index in [0.29, 0.717) is 11.8 Å². The molecule has 3 nitrogen and oxygen atoms in total. The summed E-state index contributed by atoms with van der Waals surface area (Å²) in [5.74, 6) is 0.955. The first kappa shape index (κ1) is 12.9. The Morgan fingerprint density at radius 3 is 2.73 bits per heavy atom. The van der Waals surface area contributed by atoms with E-state index in [9.17, 15) is 5.11 Å². The van der Waals surface area contributed by atoms with Crippen molar-refractivity contribution in [2.75, 3.05) is 33.4 Å². The van der Waals surface area contributed by atoms with Crippen molar-refractivity contribution in [3.63, 3.8) is 0 Å². The van der Waals surface area contributed by atoms with Crippen LogP contribution in [0, 0.1) is 11.8 Å². The number of rotatable bonds is 5. The van der Waals surface area contributed by atoms with E-state index < -0.39 is 5.60 Å². The van der Waals surface area contributed by atoms with Gasteiger partial charge in [-0.25, -0.2) is 0 Å². The summed E-state index contributed by atoms with van der Waals surface area (Å²) in [6, 6.07) is 0. The minimum atomic E-state index is -0.567. The molecule has 1 aliphatic heterocycles. The number of ether oxygens (including phenoxy) is 1. The van der Waals surface area contributed by atoms with Crippen molar-refractivity contribution in [1.29, 1.82) is 0 Å². The highest BCUT2D eigenvalue weighted by Crippen LogP contribution is 2.22. The molecule has 1 rings (SSSR count). The van der Waals surface area contributed by atoms with Gasteiger partial charge < -0.3 is 14.7 Å². The Balaban J connectivity index is 2.35. The molecule has 1 N–H and O–H groups in total.